The molecule has 0 amide bonds. The number of fused-ring (bicyclic) bond motifs is 3. The van der Waals surface area contributed by atoms with Gasteiger partial charge < -0.3 is 19.9 Å². The second-order valence-corrected chi connectivity index (χ2v) is 7.85. The van der Waals surface area contributed by atoms with Crippen molar-refractivity contribution in [3.63, 3.8) is 0 Å². The Morgan fingerprint density at radius 3 is 2.72 bits per heavy atom. The summed E-state index contributed by atoms with van der Waals surface area (Å²) in [4.78, 5) is 5.93. The number of hydrogen-bond donors (Lipinski definition) is 2. The van der Waals surface area contributed by atoms with Gasteiger partial charge in [-0.25, -0.2) is 9.37 Å². The average molecular weight is 394 g/mol. The fraction of sp³-hybridized carbons (Fsp3) is 0.381. The summed E-state index contributed by atoms with van der Waals surface area (Å²) < 4.78 is 16.7. The number of anilines is 1. The number of phenols is 1. The summed E-state index contributed by atoms with van der Waals surface area (Å²) in [6.45, 7) is 0.850. The van der Waals surface area contributed by atoms with Gasteiger partial charge in [-0.1, -0.05) is 0 Å². The zero-order valence-corrected chi connectivity index (χ0v) is 16.1. The van der Waals surface area contributed by atoms with Gasteiger partial charge in [0.25, 0.3) is 0 Å². The van der Waals surface area contributed by atoms with Crippen LogP contribution in [0.4, 0.5) is 10.2 Å². The van der Waals surface area contributed by atoms with Gasteiger partial charge in [-0.05, 0) is 43.0 Å². The molecule has 3 aliphatic rings. The third kappa shape index (κ3) is 3.13. The maximum absolute atomic E-state index is 14.8. The van der Waals surface area contributed by atoms with Gasteiger partial charge in [0.1, 0.15) is 11.9 Å². The fourth-order valence-electron chi connectivity index (χ4n) is 4.61. The Hall–Kier alpha value is -3.00. The molecule has 1 aliphatic carbocycles. The third-order valence-electron chi connectivity index (χ3n) is 6.20. The van der Waals surface area contributed by atoms with E-state index in [1.165, 1.54) is 0 Å². The van der Waals surface area contributed by atoms with Crippen molar-refractivity contribution in [1.29, 1.82) is 0 Å². The number of alkyl halides is 1. The van der Waals surface area contributed by atoms with Crippen molar-refractivity contribution in [3.05, 3.63) is 49.1 Å². The highest BCUT2D eigenvalue weighted by molar-refractivity contribution is 5.69. The molecule has 29 heavy (non-hydrogen) atoms. The molecule has 2 bridgehead atoms. The minimum Gasteiger partial charge on any atom is -0.507 e. The average Bonchev–Trinajstić information content (AvgIpc) is 3.29. The lowest BCUT2D eigenvalue weighted by molar-refractivity contribution is 0.0702. The molecule has 0 spiro atoms. The molecule has 150 valence electrons. The molecule has 2 N–H and O–H groups in total. The zero-order chi connectivity index (χ0) is 20.0. The van der Waals surface area contributed by atoms with E-state index in [1.54, 1.807) is 24.7 Å². The van der Waals surface area contributed by atoms with Crippen LogP contribution in [0, 0.1) is 5.92 Å². The van der Waals surface area contributed by atoms with Crippen LogP contribution in [0.15, 0.2) is 49.1 Å². The zero-order valence-electron chi connectivity index (χ0n) is 16.1. The smallest absolute Gasteiger partial charge is 0.151 e. The highest BCUT2D eigenvalue weighted by Crippen LogP contribution is 2.36. The van der Waals surface area contributed by atoms with E-state index in [1.807, 2.05) is 40.9 Å². The molecule has 1 saturated carbocycles. The highest BCUT2D eigenvalue weighted by atomic mass is 19.1. The lowest BCUT2D eigenvalue weighted by atomic mass is 9.75. The van der Waals surface area contributed by atoms with Crippen molar-refractivity contribution in [2.45, 2.75) is 31.1 Å². The Morgan fingerprint density at radius 1 is 1.21 bits per heavy atom. The number of hydrogen-bond acceptors (Lipinski definition) is 6. The molecule has 3 fully saturated rings. The van der Waals surface area contributed by atoms with Crippen molar-refractivity contribution in [2.24, 2.45) is 5.92 Å². The summed E-state index contributed by atoms with van der Waals surface area (Å²) in [5.74, 6) is 1.04. The number of imidazole rings is 1. The largest absolute Gasteiger partial charge is 0.507 e. The summed E-state index contributed by atoms with van der Waals surface area (Å²) in [7, 11) is 1.89. The topological polar surface area (TPSA) is 79.1 Å². The molecule has 4 heterocycles. The van der Waals surface area contributed by atoms with Gasteiger partial charge in [-0.3, -0.25) is 0 Å². The van der Waals surface area contributed by atoms with E-state index in [2.05, 4.69) is 20.5 Å². The van der Waals surface area contributed by atoms with Gasteiger partial charge >= 0.3 is 0 Å². The van der Waals surface area contributed by atoms with Gasteiger partial charge in [-0.2, -0.15) is 0 Å². The van der Waals surface area contributed by atoms with E-state index in [0.717, 1.165) is 25.1 Å². The lowest BCUT2D eigenvalue weighted by Gasteiger charge is -2.49. The molecule has 3 aromatic rings. The number of rotatable bonds is 4. The molecule has 2 saturated heterocycles. The summed E-state index contributed by atoms with van der Waals surface area (Å²) in [6, 6.07) is 8.77. The molecule has 2 aliphatic heterocycles. The Bertz CT molecular complexity index is 983. The maximum atomic E-state index is 14.8. The van der Waals surface area contributed by atoms with Crippen molar-refractivity contribution < 1.29 is 9.50 Å². The first-order valence-corrected chi connectivity index (χ1v) is 9.87. The Labute approximate surface area is 168 Å². The van der Waals surface area contributed by atoms with E-state index < -0.39 is 6.17 Å². The Kier molecular flexibility index (Phi) is 4.43. The Morgan fingerprint density at radius 2 is 2.10 bits per heavy atom. The summed E-state index contributed by atoms with van der Waals surface area (Å²) in [5, 5.41) is 22.4. The van der Waals surface area contributed by atoms with E-state index in [9.17, 15) is 9.50 Å². The quantitative estimate of drug-likeness (QED) is 0.708. The lowest BCUT2D eigenvalue weighted by Crippen LogP contribution is -2.64. The van der Waals surface area contributed by atoms with Crippen molar-refractivity contribution >= 4 is 5.82 Å². The van der Waals surface area contributed by atoms with Crippen LogP contribution in [0.2, 0.25) is 0 Å². The number of aromatic hydroxyl groups is 1. The first-order valence-electron chi connectivity index (χ1n) is 9.87. The summed E-state index contributed by atoms with van der Waals surface area (Å²) in [6.07, 6.45) is 6.19. The fourth-order valence-corrected chi connectivity index (χ4v) is 4.61. The van der Waals surface area contributed by atoms with Gasteiger partial charge in [0.05, 0.1) is 23.8 Å². The van der Waals surface area contributed by atoms with Gasteiger partial charge in [0.2, 0.25) is 0 Å². The van der Waals surface area contributed by atoms with Crippen LogP contribution in [0.1, 0.15) is 12.8 Å². The number of halogens is 1. The maximum Gasteiger partial charge on any atom is 0.151 e. The minimum absolute atomic E-state index is 0.0642. The van der Waals surface area contributed by atoms with E-state index >= 15 is 0 Å². The van der Waals surface area contributed by atoms with Gasteiger partial charge in [-0.15, -0.1) is 10.2 Å². The second-order valence-electron chi connectivity index (χ2n) is 7.85. The normalized spacial score (nSPS) is 25.9. The molecular weight excluding hydrogens is 371 g/mol. The number of benzene rings is 1. The van der Waals surface area contributed by atoms with Crippen molar-refractivity contribution in [1.82, 2.24) is 25.1 Å². The van der Waals surface area contributed by atoms with E-state index in [-0.39, 0.29) is 23.8 Å². The van der Waals surface area contributed by atoms with Gasteiger partial charge in [0.15, 0.2) is 5.82 Å². The molecule has 7 nitrogen and oxygen atoms in total. The second kappa shape index (κ2) is 7.11. The molecule has 6 rings (SSSR count). The molecule has 1 aromatic carbocycles. The summed E-state index contributed by atoms with van der Waals surface area (Å²) in [5.41, 5.74) is 1.98. The van der Waals surface area contributed by atoms with Crippen LogP contribution in [0.25, 0.3) is 16.9 Å². The number of phenolic OH excluding ortho intramolecular Hbond substituents is 1. The molecule has 4 atom stereocenters. The molecule has 2 unspecified atom stereocenters. The SMILES string of the molecule is CN(c1ccc(-c2ccc(-n3ccnc3)cc2O)nn1)[C@@H]1C2CCC(NC2)[C@H]1F. The van der Waals surface area contributed by atoms with Crippen LogP contribution in [0.5, 0.6) is 5.75 Å². The van der Waals surface area contributed by atoms with Crippen LogP contribution < -0.4 is 10.2 Å². The summed E-state index contributed by atoms with van der Waals surface area (Å²) >= 11 is 0. The predicted molar refractivity (Wildman–Crippen MR) is 108 cm³/mol. The predicted octanol–water partition coefficient (Wildman–Crippen LogP) is 2.56. The monoisotopic (exact) mass is 394 g/mol. The van der Waals surface area contributed by atoms with Gasteiger partial charge in [0, 0.05) is 43.7 Å². The van der Waals surface area contributed by atoms with E-state index in [0.29, 0.717) is 17.1 Å². The number of aromatic nitrogens is 4. The standard InChI is InChI=1S/C21H23FN6O/c1-27(21-13-2-5-17(20(21)22)24-11-13)19-7-6-16(25-26-19)15-4-3-14(10-18(15)29)28-9-8-23-12-28/h3-4,6-10,12-13,17,20-21,24,29H,2,5,11H2,1H3/t13?,17?,20-,21-/m1/s1. The van der Waals surface area contributed by atoms with Crippen LogP contribution >= 0.6 is 0 Å². The number of nitrogens with zero attached hydrogens (tertiary/aromatic N) is 5. The van der Waals surface area contributed by atoms with Crippen molar-refractivity contribution in [3.8, 4) is 22.7 Å². The number of piperidine rings is 2. The van der Waals surface area contributed by atoms with Crippen molar-refractivity contribution in [2.75, 3.05) is 18.5 Å². The molecule has 0 radical (unpaired) electrons. The highest BCUT2D eigenvalue weighted by Gasteiger charge is 2.46. The van der Waals surface area contributed by atoms with E-state index in [4.69, 9.17) is 0 Å². The van der Waals surface area contributed by atoms with Crippen LogP contribution in [0.3, 0.4) is 0 Å². The Balaban J connectivity index is 1.38. The van der Waals surface area contributed by atoms with Crippen LogP contribution in [-0.4, -0.2) is 56.7 Å². The molecule has 8 heteroatoms. The number of nitrogens with one attached hydrogen (secondary N) is 1. The third-order valence-corrected chi connectivity index (χ3v) is 6.20. The molecular formula is C21H23FN6O. The van der Waals surface area contributed by atoms with Crippen LogP contribution in [-0.2, 0) is 0 Å². The first kappa shape index (κ1) is 18.1. The molecule has 2 aromatic heterocycles. The first-order chi connectivity index (χ1) is 14.1. The minimum atomic E-state index is -0.909.